The Hall–Kier alpha value is -1.98. The first kappa shape index (κ1) is 14.4. The molecule has 6 heteroatoms. The minimum atomic E-state index is -0.313. The average Bonchev–Trinajstić information content (AvgIpc) is 2.98. The molecule has 2 rings (SSSR count). The van der Waals surface area contributed by atoms with Crippen LogP contribution in [0.1, 0.15) is 31.9 Å². The van der Waals surface area contributed by atoms with Crippen LogP contribution in [0.5, 0.6) is 0 Å². The van der Waals surface area contributed by atoms with Crippen molar-refractivity contribution >= 4 is 11.7 Å². The van der Waals surface area contributed by atoms with Gasteiger partial charge in [-0.2, -0.15) is 0 Å². The standard InChI is InChI=1S/C14H21N3O3/c1-14(13(15)16-19)6-8-17(9-7-14)12(18)5-4-11-3-2-10-20-11/h2-3,10,19H,4-9H2,1H3,(H2,15,16). The molecule has 0 aliphatic carbocycles. The summed E-state index contributed by atoms with van der Waals surface area (Å²) in [6, 6.07) is 3.70. The highest BCUT2D eigenvalue weighted by Gasteiger charge is 2.35. The molecule has 1 fully saturated rings. The quantitative estimate of drug-likeness (QED) is 0.379. The molecule has 0 spiro atoms. The third-order valence-electron chi connectivity index (χ3n) is 4.11. The molecule has 0 bridgehead atoms. The number of carbonyl (C=O) groups is 1. The second-order valence-corrected chi connectivity index (χ2v) is 5.51. The molecule has 3 N–H and O–H groups in total. The van der Waals surface area contributed by atoms with Gasteiger partial charge in [0.2, 0.25) is 5.91 Å². The Morgan fingerprint density at radius 1 is 1.55 bits per heavy atom. The zero-order valence-corrected chi connectivity index (χ0v) is 11.7. The van der Waals surface area contributed by atoms with E-state index in [1.165, 1.54) is 0 Å². The largest absolute Gasteiger partial charge is 0.469 e. The van der Waals surface area contributed by atoms with Crippen LogP contribution >= 0.6 is 0 Å². The maximum atomic E-state index is 12.1. The lowest BCUT2D eigenvalue weighted by atomic mass is 9.79. The highest BCUT2D eigenvalue weighted by atomic mass is 16.4. The fraction of sp³-hybridized carbons (Fsp3) is 0.571. The average molecular weight is 279 g/mol. The maximum Gasteiger partial charge on any atom is 0.223 e. The fourth-order valence-corrected chi connectivity index (χ4v) is 2.47. The predicted octanol–water partition coefficient (Wildman–Crippen LogP) is 1.59. The van der Waals surface area contributed by atoms with E-state index in [0.29, 0.717) is 25.9 Å². The predicted molar refractivity (Wildman–Crippen MR) is 74.4 cm³/mol. The van der Waals surface area contributed by atoms with Gasteiger partial charge in [-0.3, -0.25) is 4.79 Å². The first-order valence-corrected chi connectivity index (χ1v) is 6.83. The van der Waals surface area contributed by atoms with Crippen molar-refractivity contribution in [2.24, 2.45) is 16.3 Å². The first-order valence-electron chi connectivity index (χ1n) is 6.83. The Morgan fingerprint density at radius 2 is 2.25 bits per heavy atom. The summed E-state index contributed by atoms with van der Waals surface area (Å²) < 4.78 is 5.22. The van der Waals surface area contributed by atoms with Crippen molar-refractivity contribution in [1.82, 2.24) is 4.90 Å². The lowest BCUT2D eigenvalue weighted by Crippen LogP contribution is -2.47. The molecule has 0 saturated carbocycles. The van der Waals surface area contributed by atoms with Gasteiger partial charge in [-0.15, -0.1) is 0 Å². The minimum absolute atomic E-state index is 0.128. The number of rotatable bonds is 4. The molecule has 2 heterocycles. The fourth-order valence-electron chi connectivity index (χ4n) is 2.47. The van der Waals surface area contributed by atoms with E-state index in [4.69, 9.17) is 15.4 Å². The van der Waals surface area contributed by atoms with E-state index in [0.717, 1.165) is 18.6 Å². The zero-order valence-electron chi connectivity index (χ0n) is 11.7. The van der Waals surface area contributed by atoms with Gasteiger partial charge < -0.3 is 20.3 Å². The summed E-state index contributed by atoms with van der Waals surface area (Å²) in [4.78, 5) is 14.0. The molecule has 0 unspecified atom stereocenters. The molecule has 0 aromatic carbocycles. The zero-order chi connectivity index (χ0) is 14.6. The van der Waals surface area contributed by atoms with E-state index in [-0.39, 0.29) is 17.2 Å². The normalized spacial score (nSPS) is 19.1. The molecule has 1 aliphatic rings. The van der Waals surface area contributed by atoms with Gasteiger partial charge in [0.15, 0.2) is 0 Å². The Bertz CT molecular complexity index is 474. The van der Waals surface area contributed by atoms with Crippen molar-refractivity contribution in [3.63, 3.8) is 0 Å². The van der Waals surface area contributed by atoms with Gasteiger partial charge in [0.25, 0.3) is 0 Å². The number of aryl methyl sites for hydroxylation is 1. The summed E-state index contributed by atoms with van der Waals surface area (Å²) in [5, 5.41) is 11.9. The van der Waals surface area contributed by atoms with Gasteiger partial charge in [-0.05, 0) is 25.0 Å². The SMILES string of the molecule is CC1(/C(N)=N/O)CCN(C(=O)CCc2ccco2)CC1. The topological polar surface area (TPSA) is 92.1 Å². The second kappa shape index (κ2) is 5.98. The first-order chi connectivity index (χ1) is 9.55. The van der Waals surface area contributed by atoms with E-state index in [2.05, 4.69) is 5.16 Å². The number of piperidine rings is 1. The van der Waals surface area contributed by atoms with Gasteiger partial charge in [-0.1, -0.05) is 12.1 Å². The minimum Gasteiger partial charge on any atom is -0.469 e. The number of nitrogens with zero attached hydrogens (tertiary/aromatic N) is 2. The summed E-state index contributed by atoms with van der Waals surface area (Å²) in [6.45, 7) is 3.25. The molecule has 0 radical (unpaired) electrons. The lowest BCUT2D eigenvalue weighted by molar-refractivity contribution is -0.132. The number of carbonyl (C=O) groups excluding carboxylic acids is 1. The summed E-state index contributed by atoms with van der Waals surface area (Å²) in [5.41, 5.74) is 5.40. The molecule has 0 atom stereocenters. The van der Waals surface area contributed by atoms with Crippen LogP contribution in [0.3, 0.4) is 0 Å². The van der Waals surface area contributed by atoms with E-state index < -0.39 is 0 Å². The molecular weight excluding hydrogens is 258 g/mol. The van der Waals surface area contributed by atoms with E-state index in [9.17, 15) is 4.79 Å². The molecule has 1 aromatic heterocycles. The summed E-state index contributed by atoms with van der Waals surface area (Å²) >= 11 is 0. The summed E-state index contributed by atoms with van der Waals surface area (Å²) in [6.07, 6.45) is 4.13. The van der Waals surface area contributed by atoms with E-state index in [1.54, 1.807) is 6.26 Å². The number of hydrogen-bond acceptors (Lipinski definition) is 4. The number of amides is 1. The third-order valence-corrected chi connectivity index (χ3v) is 4.11. The van der Waals surface area contributed by atoms with Crippen LogP contribution in [0.15, 0.2) is 28.0 Å². The molecular formula is C14H21N3O3. The van der Waals surface area contributed by atoms with E-state index >= 15 is 0 Å². The van der Waals surface area contributed by atoms with Crippen molar-refractivity contribution in [3.05, 3.63) is 24.2 Å². The van der Waals surface area contributed by atoms with Gasteiger partial charge in [0, 0.05) is 31.3 Å². The van der Waals surface area contributed by atoms with Crippen LogP contribution in [0.25, 0.3) is 0 Å². The van der Waals surface area contributed by atoms with Gasteiger partial charge in [0.1, 0.15) is 11.6 Å². The van der Waals surface area contributed by atoms with Crippen molar-refractivity contribution in [3.8, 4) is 0 Å². The van der Waals surface area contributed by atoms with Crippen LogP contribution in [0, 0.1) is 5.41 Å². The number of amidine groups is 1. The van der Waals surface area contributed by atoms with E-state index in [1.807, 2.05) is 24.0 Å². The van der Waals surface area contributed by atoms with Crippen LogP contribution in [-0.2, 0) is 11.2 Å². The Balaban J connectivity index is 1.83. The highest BCUT2D eigenvalue weighted by Crippen LogP contribution is 2.31. The second-order valence-electron chi connectivity index (χ2n) is 5.51. The molecule has 110 valence electrons. The third kappa shape index (κ3) is 3.12. The van der Waals surface area contributed by atoms with Crippen LogP contribution in [0.4, 0.5) is 0 Å². The molecule has 1 aromatic rings. The molecule has 1 amide bonds. The van der Waals surface area contributed by atoms with Gasteiger partial charge >= 0.3 is 0 Å². The number of oxime groups is 1. The van der Waals surface area contributed by atoms with Crippen LogP contribution in [-0.4, -0.2) is 34.9 Å². The Morgan fingerprint density at radius 3 is 2.80 bits per heavy atom. The Kier molecular flexibility index (Phi) is 4.32. The van der Waals surface area contributed by atoms with Crippen molar-refractivity contribution in [2.45, 2.75) is 32.6 Å². The number of likely N-dealkylation sites (tertiary alicyclic amines) is 1. The van der Waals surface area contributed by atoms with Crippen LogP contribution in [0.2, 0.25) is 0 Å². The van der Waals surface area contributed by atoms with Crippen LogP contribution < -0.4 is 5.73 Å². The maximum absolute atomic E-state index is 12.1. The highest BCUT2D eigenvalue weighted by molar-refractivity contribution is 5.86. The van der Waals surface area contributed by atoms with Crippen molar-refractivity contribution < 1.29 is 14.4 Å². The number of hydrogen-bond donors (Lipinski definition) is 2. The summed E-state index contributed by atoms with van der Waals surface area (Å²) in [5.74, 6) is 1.21. The molecule has 1 saturated heterocycles. The monoisotopic (exact) mass is 279 g/mol. The van der Waals surface area contributed by atoms with Gasteiger partial charge in [0.05, 0.1) is 6.26 Å². The van der Waals surface area contributed by atoms with Crippen molar-refractivity contribution in [2.75, 3.05) is 13.1 Å². The lowest BCUT2D eigenvalue weighted by Gasteiger charge is -2.38. The molecule has 1 aliphatic heterocycles. The molecule has 6 nitrogen and oxygen atoms in total. The molecule has 20 heavy (non-hydrogen) atoms. The number of furan rings is 1. The Labute approximate surface area is 118 Å². The van der Waals surface area contributed by atoms with Crippen molar-refractivity contribution in [1.29, 1.82) is 0 Å². The van der Waals surface area contributed by atoms with Gasteiger partial charge in [-0.25, -0.2) is 0 Å². The summed E-state index contributed by atoms with van der Waals surface area (Å²) in [7, 11) is 0. The smallest absolute Gasteiger partial charge is 0.223 e. The number of nitrogens with two attached hydrogens (primary N) is 1.